The van der Waals surface area contributed by atoms with Crippen LogP contribution in [0.15, 0.2) is 41.0 Å². The number of rotatable bonds is 5. The van der Waals surface area contributed by atoms with Gasteiger partial charge in [-0.3, -0.25) is 0 Å². The predicted octanol–water partition coefficient (Wildman–Crippen LogP) is 4.31. The van der Waals surface area contributed by atoms with Gasteiger partial charge in [0.15, 0.2) is 0 Å². The molecular formula is C14H15Cl2NO. The first-order chi connectivity index (χ1) is 8.65. The lowest BCUT2D eigenvalue weighted by Gasteiger charge is -2.13. The van der Waals surface area contributed by atoms with E-state index in [1.165, 1.54) is 0 Å². The van der Waals surface area contributed by atoms with Gasteiger partial charge < -0.3 is 9.73 Å². The van der Waals surface area contributed by atoms with E-state index in [1.54, 1.807) is 12.3 Å². The van der Waals surface area contributed by atoms with Gasteiger partial charge in [0, 0.05) is 29.1 Å². The van der Waals surface area contributed by atoms with Crippen LogP contribution >= 0.6 is 23.2 Å². The number of hydrogen-bond donors (Lipinski definition) is 1. The van der Waals surface area contributed by atoms with E-state index in [-0.39, 0.29) is 0 Å². The third kappa shape index (κ3) is 3.77. The normalized spacial score (nSPS) is 12.6. The van der Waals surface area contributed by atoms with Gasteiger partial charge in [-0.25, -0.2) is 0 Å². The molecule has 18 heavy (non-hydrogen) atoms. The lowest BCUT2D eigenvalue weighted by atomic mass is 10.1. The maximum Gasteiger partial charge on any atom is 0.105 e. The minimum Gasteiger partial charge on any atom is -0.469 e. The Kier molecular flexibility index (Phi) is 4.70. The zero-order valence-corrected chi connectivity index (χ0v) is 11.6. The fraction of sp³-hybridized carbons (Fsp3) is 0.286. The number of nitrogens with one attached hydrogen (secondary N) is 1. The fourth-order valence-corrected chi connectivity index (χ4v) is 2.14. The minimum atomic E-state index is 0.311. The van der Waals surface area contributed by atoms with Gasteiger partial charge in [0.1, 0.15) is 5.76 Å². The standard InChI is InChI=1S/C14H15Cl2NO/c1-10(7-13-3-2-6-18-13)17-9-11-8-12(15)4-5-14(11)16/h2-6,8,10,17H,7,9H2,1H3. The fourth-order valence-electron chi connectivity index (χ4n) is 1.77. The van der Waals surface area contributed by atoms with Crippen molar-refractivity contribution >= 4 is 23.2 Å². The van der Waals surface area contributed by atoms with Crippen molar-refractivity contribution in [1.82, 2.24) is 5.32 Å². The largest absolute Gasteiger partial charge is 0.469 e. The van der Waals surface area contributed by atoms with Crippen molar-refractivity contribution in [2.24, 2.45) is 0 Å². The van der Waals surface area contributed by atoms with Crippen molar-refractivity contribution in [1.29, 1.82) is 0 Å². The third-order valence-corrected chi connectivity index (χ3v) is 3.34. The maximum absolute atomic E-state index is 6.11. The summed E-state index contributed by atoms with van der Waals surface area (Å²) in [4.78, 5) is 0. The van der Waals surface area contributed by atoms with Crippen LogP contribution in [0.1, 0.15) is 18.2 Å². The van der Waals surface area contributed by atoms with Gasteiger partial charge in [-0.05, 0) is 42.8 Å². The molecule has 1 aromatic heterocycles. The van der Waals surface area contributed by atoms with E-state index in [1.807, 2.05) is 24.3 Å². The zero-order valence-electron chi connectivity index (χ0n) is 10.1. The summed E-state index contributed by atoms with van der Waals surface area (Å²) in [6.07, 6.45) is 2.54. The van der Waals surface area contributed by atoms with Crippen molar-refractivity contribution < 1.29 is 4.42 Å². The Labute approximate surface area is 117 Å². The molecular weight excluding hydrogens is 269 g/mol. The van der Waals surface area contributed by atoms with E-state index >= 15 is 0 Å². The molecule has 0 aliphatic carbocycles. The van der Waals surface area contributed by atoms with Crippen LogP contribution in [0.25, 0.3) is 0 Å². The summed E-state index contributed by atoms with van der Waals surface area (Å²) in [5.41, 5.74) is 1.01. The SMILES string of the molecule is CC(Cc1ccco1)NCc1cc(Cl)ccc1Cl. The summed E-state index contributed by atoms with van der Waals surface area (Å²) in [6.45, 7) is 2.81. The van der Waals surface area contributed by atoms with Crippen LogP contribution in [-0.2, 0) is 13.0 Å². The van der Waals surface area contributed by atoms with Crippen LogP contribution < -0.4 is 5.32 Å². The smallest absolute Gasteiger partial charge is 0.105 e. The molecule has 1 N–H and O–H groups in total. The zero-order chi connectivity index (χ0) is 13.0. The van der Waals surface area contributed by atoms with Crippen molar-refractivity contribution in [2.45, 2.75) is 25.9 Å². The summed E-state index contributed by atoms with van der Waals surface area (Å²) in [5.74, 6) is 0.979. The molecule has 0 fully saturated rings. The van der Waals surface area contributed by atoms with Gasteiger partial charge in [0.05, 0.1) is 6.26 Å². The van der Waals surface area contributed by atoms with Crippen LogP contribution in [0.3, 0.4) is 0 Å². The molecule has 1 unspecified atom stereocenters. The number of benzene rings is 1. The molecule has 1 atom stereocenters. The van der Waals surface area contributed by atoms with E-state index in [0.29, 0.717) is 17.6 Å². The highest BCUT2D eigenvalue weighted by molar-refractivity contribution is 6.33. The number of halogens is 2. The van der Waals surface area contributed by atoms with Crippen LogP contribution in [-0.4, -0.2) is 6.04 Å². The van der Waals surface area contributed by atoms with Gasteiger partial charge in [0.2, 0.25) is 0 Å². The molecule has 0 bridgehead atoms. The van der Waals surface area contributed by atoms with Gasteiger partial charge in [-0.1, -0.05) is 23.2 Å². The first-order valence-electron chi connectivity index (χ1n) is 5.85. The molecule has 0 amide bonds. The monoisotopic (exact) mass is 283 g/mol. The minimum absolute atomic E-state index is 0.311. The third-order valence-electron chi connectivity index (χ3n) is 2.74. The van der Waals surface area contributed by atoms with E-state index in [2.05, 4.69) is 12.2 Å². The Bertz CT molecular complexity index is 497. The first kappa shape index (κ1) is 13.5. The Morgan fingerprint density at radius 1 is 1.28 bits per heavy atom. The van der Waals surface area contributed by atoms with E-state index in [9.17, 15) is 0 Å². The van der Waals surface area contributed by atoms with Crippen LogP contribution in [0.2, 0.25) is 10.0 Å². The molecule has 2 rings (SSSR count). The van der Waals surface area contributed by atoms with Crippen LogP contribution in [0.4, 0.5) is 0 Å². The van der Waals surface area contributed by atoms with Crippen LogP contribution in [0.5, 0.6) is 0 Å². The van der Waals surface area contributed by atoms with Gasteiger partial charge in [-0.2, -0.15) is 0 Å². The average Bonchev–Trinajstić information content (AvgIpc) is 2.83. The van der Waals surface area contributed by atoms with Crippen molar-refractivity contribution in [2.75, 3.05) is 0 Å². The summed E-state index contributed by atoms with van der Waals surface area (Å²) >= 11 is 12.1. The highest BCUT2D eigenvalue weighted by Crippen LogP contribution is 2.20. The second-order valence-corrected chi connectivity index (χ2v) is 5.14. The Balaban J connectivity index is 1.89. The first-order valence-corrected chi connectivity index (χ1v) is 6.60. The maximum atomic E-state index is 6.11. The lowest BCUT2D eigenvalue weighted by molar-refractivity contribution is 0.456. The van der Waals surface area contributed by atoms with Gasteiger partial charge in [-0.15, -0.1) is 0 Å². The summed E-state index contributed by atoms with van der Waals surface area (Å²) in [6, 6.07) is 9.68. The summed E-state index contributed by atoms with van der Waals surface area (Å²) in [5, 5.41) is 4.84. The number of hydrogen-bond acceptors (Lipinski definition) is 2. The van der Waals surface area contributed by atoms with Crippen molar-refractivity contribution in [3.63, 3.8) is 0 Å². The molecule has 1 aromatic carbocycles. The lowest BCUT2D eigenvalue weighted by Crippen LogP contribution is -2.27. The van der Waals surface area contributed by atoms with Crippen molar-refractivity contribution in [3.8, 4) is 0 Å². The summed E-state index contributed by atoms with van der Waals surface area (Å²) in [7, 11) is 0. The molecule has 0 radical (unpaired) electrons. The molecule has 0 aliphatic heterocycles. The predicted molar refractivity (Wildman–Crippen MR) is 75.2 cm³/mol. The van der Waals surface area contributed by atoms with Gasteiger partial charge >= 0.3 is 0 Å². The second-order valence-electron chi connectivity index (χ2n) is 4.30. The Morgan fingerprint density at radius 2 is 2.11 bits per heavy atom. The average molecular weight is 284 g/mol. The number of furan rings is 1. The molecule has 1 heterocycles. The van der Waals surface area contributed by atoms with Crippen LogP contribution in [0, 0.1) is 0 Å². The quantitative estimate of drug-likeness (QED) is 0.885. The molecule has 2 nitrogen and oxygen atoms in total. The molecule has 0 saturated carbocycles. The second kappa shape index (κ2) is 6.28. The molecule has 96 valence electrons. The molecule has 0 aliphatic rings. The topological polar surface area (TPSA) is 25.2 Å². The Hall–Kier alpha value is -0.960. The highest BCUT2D eigenvalue weighted by Gasteiger charge is 2.07. The van der Waals surface area contributed by atoms with Gasteiger partial charge in [0.25, 0.3) is 0 Å². The Morgan fingerprint density at radius 3 is 2.83 bits per heavy atom. The highest BCUT2D eigenvalue weighted by atomic mass is 35.5. The van der Waals surface area contributed by atoms with E-state index in [0.717, 1.165) is 22.8 Å². The summed E-state index contributed by atoms with van der Waals surface area (Å²) < 4.78 is 5.31. The molecule has 2 aromatic rings. The van der Waals surface area contributed by atoms with E-state index in [4.69, 9.17) is 27.6 Å². The molecule has 0 spiro atoms. The van der Waals surface area contributed by atoms with Crippen molar-refractivity contribution in [3.05, 3.63) is 58.0 Å². The molecule has 0 saturated heterocycles. The van der Waals surface area contributed by atoms with E-state index < -0.39 is 0 Å². The molecule has 4 heteroatoms.